The van der Waals surface area contributed by atoms with Gasteiger partial charge in [0.25, 0.3) is 0 Å². The predicted molar refractivity (Wildman–Crippen MR) is 71.6 cm³/mol. The Balaban J connectivity index is 2.40. The van der Waals surface area contributed by atoms with E-state index in [1.165, 1.54) is 0 Å². The minimum atomic E-state index is -4.13. The number of hydrogen-bond donors (Lipinski definition) is 1. The molecule has 6 heteroatoms. The fourth-order valence-corrected chi connectivity index (χ4v) is 1.46. The average Bonchev–Trinajstić information content (AvgIpc) is 2.31. The Morgan fingerprint density at radius 2 is 1.95 bits per heavy atom. The molecule has 0 atom stereocenters. The first-order valence-electron chi connectivity index (χ1n) is 6.55. The molecular formula is C14H21F3N2O. The van der Waals surface area contributed by atoms with E-state index >= 15 is 0 Å². The summed E-state index contributed by atoms with van der Waals surface area (Å²) in [6.07, 6.45) is -3.43. The molecule has 1 N–H and O–H groups in total. The van der Waals surface area contributed by atoms with Crippen LogP contribution in [0.15, 0.2) is 18.3 Å². The average molecular weight is 290 g/mol. The standard InChI is InChI=1S/C14H21F3N2O/c1-13(2,3)19-10-11-5-7-18-12(9-11)20-8-4-6-14(15,16)17/h5,7,9,19H,4,6,8,10H2,1-3H3. The fraction of sp³-hybridized carbons (Fsp3) is 0.643. The third-order valence-corrected chi connectivity index (χ3v) is 2.48. The SMILES string of the molecule is CC(C)(C)NCc1ccnc(OCCCC(F)(F)F)c1. The van der Waals surface area contributed by atoms with E-state index < -0.39 is 12.6 Å². The molecule has 0 aromatic carbocycles. The molecule has 0 saturated carbocycles. The second kappa shape index (κ2) is 6.92. The number of halogens is 3. The summed E-state index contributed by atoms with van der Waals surface area (Å²) in [4.78, 5) is 3.99. The van der Waals surface area contributed by atoms with E-state index in [9.17, 15) is 13.2 Å². The summed E-state index contributed by atoms with van der Waals surface area (Å²) in [6.45, 7) is 6.85. The monoisotopic (exact) mass is 290 g/mol. The number of rotatable bonds is 6. The largest absolute Gasteiger partial charge is 0.478 e. The van der Waals surface area contributed by atoms with Gasteiger partial charge in [-0.05, 0) is 38.8 Å². The highest BCUT2D eigenvalue weighted by molar-refractivity contribution is 5.20. The fourth-order valence-electron chi connectivity index (χ4n) is 1.46. The van der Waals surface area contributed by atoms with E-state index in [0.717, 1.165) is 5.56 Å². The highest BCUT2D eigenvalue weighted by atomic mass is 19.4. The molecule has 20 heavy (non-hydrogen) atoms. The van der Waals surface area contributed by atoms with Crippen LogP contribution in [0.1, 0.15) is 39.2 Å². The van der Waals surface area contributed by atoms with Crippen molar-refractivity contribution in [1.82, 2.24) is 10.3 Å². The summed E-state index contributed by atoms with van der Waals surface area (Å²) < 4.78 is 41.2. The van der Waals surface area contributed by atoms with Gasteiger partial charge in [0.1, 0.15) is 0 Å². The zero-order valence-electron chi connectivity index (χ0n) is 12.0. The van der Waals surface area contributed by atoms with Crippen LogP contribution < -0.4 is 10.1 Å². The van der Waals surface area contributed by atoms with Gasteiger partial charge in [-0.2, -0.15) is 13.2 Å². The van der Waals surface area contributed by atoms with Crippen LogP contribution in [-0.4, -0.2) is 23.3 Å². The molecule has 0 saturated heterocycles. The van der Waals surface area contributed by atoms with E-state index in [0.29, 0.717) is 12.4 Å². The van der Waals surface area contributed by atoms with Gasteiger partial charge in [0.15, 0.2) is 0 Å². The molecule has 0 aliphatic rings. The molecule has 1 aromatic heterocycles. The Kier molecular flexibility index (Phi) is 5.80. The van der Waals surface area contributed by atoms with Crippen LogP contribution in [0.2, 0.25) is 0 Å². The maximum Gasteiger partial charge on any atom is 0.389 e. The Morgan fingerprint density at radius 1 is 1.25 bits per heavy atom. The zero-order valence-corrected chi connectivity index (χ0v) is 12.0. The molecule has 0 amide bonds. The number of nitrogens with zero attached hydrogens (tertiary/aromatic N) is 1. The van der Waals surface area contributed by atoms with E-state index in [1.54, 1.807) is 12.3 Å². The van der Waals surface area contributed by atoms with Crippen molar-refractivity contribution < 1.29 is 17.9 Å². The molecule has 0 aliphatic carbocycles. The van der Waals surface area contributed by atoms with E-state index in [2.05, 4.69) is 31.1 Å². The topological polar surface area (TPSA) is 34.2 Å². The van der Waals surface area contributed by atoms with Crippen LogP contribution in [-0.2, 0) is 6.54 Å². The maximum absolute atomic E-state index is 12.0. The zero-order chi connectivity index (χ0) is 15.2. The summed E-state index contributed by atoms with van der Waals surface area (Å²) in [5.41, 5.74) is 0.984. The third-order valence-electron chi connectivity index (χ3n) is 2.48. The molecule has 1 heterocycles. The smallest absolute Gasteiger partial charge is 0.389 e. The first-order chi connectivity index (χ1) is 9.16. The summed E-state index contributed by atoms with van der Waals surface area (Å²) >= 11 is 0. The van der Waals surface area contributed by atoms with Gasteiger partial charge >= 0.3 is 6.18 Å². The molecule has 114 valence electrons. The van der Waals surface area contributed by atoms with Gasteiger partial charge in [-0.25, -0.2) is 4.98 Å². The number of alkyl halides is 3. The summed E-state index contributed by atoms with van der Waals surface area (Å²) in [5, 5.41) is 3.32. The van der Waals surface area contributed by atoms with Crippen LogP contribution in [0, 0.1) is 0 Å². The van der Waals surface area contributed by atoms with Crippen molar-refractivity contribution in [2.75, 3.05) is 6.61 Å². The lowest BCUT2D eigenvalue weighted by molar-refractivity contribution is -0.136. The molecular weight excluding hydrogens is 269 g/mol. The van der Waals surface area contributed by atoms with Crippen LogP contribution in [0.4, 0.5) is 13.2 Å². The van der Waals surface area contributed by atoms with Crippen molar-refractivity contribution in [3.63, 3.8) is 0 Å². The van der Waals surface area contributed by atoms with Crippen molar-refractivity contribution in [2.24, 2.45) is 0 Å². The second-order valence-electron chi connectivity index (χ2n) is 5.67. The van der Waals surface area contributed by atoms with Crippen LogP contribution in [0.25, 0.3) is 0 Å². The lowest BCUT2D eigenvalue weighted by Gasteiger charge is -2.20. The van der Waals surface area contributed by atoms with Gasteiger partial charge in [0, 0.05) is 30.8 Å². The molecule has 0 bridgehead atoms. The van der Waals surface area contributed by atoms with Gasteiger partial charge in [-0.3, -0.25) is 0 Å². The van der Waals surface area contributed by atoms with Gasteiger partial charge in [0.05, 0.1) is 6.61 Å². The minimum absolute atomic E-state index is 0.00298. The normalized spacial score (nSPS) is 12.5. The molecule has 3 nitrogen and oxygen atoms in total. The van der Waals surface area contributed by atoms with Gasteiger partial charge < -0.3 is 10.1 Å². The third kappa shape index (κ3) is 7.99. The van der Waals surface area contributed by atoms with E-state index in [-0.39, 0.29) is 18.6 Å². The Labute approximate surface area is 117 Å². The molecule has 0 spiro atoms. The van der Waals surface area contributed by atoms with Crippen LogP contribution in [0.5, 0.6) is 5.88 Å². The van der Waals surface area contributed by atoms with Crippen molar-refractivity contribution >= 4 is 0 Å². The van der Waals surface area contributed by atoms with E-state index in [1.807, 2.05) is 6.07 Å². The van der Waals surface area contributed by atoms with Crippen molar-refractivity contribution in [3.05, 3.63) is 23.9 Å². The van der Waals surface area contributed by atoms with Crippen molar-refractivity contribution in [1.29, 1.82) is 0 Å². The first kappa shape index (κ1) is 16.8. The molecule has 0 fully saturated rings. The Morgan fingerprint density at radius 3 is 2.55 bits per heavy atom. The Bertz CT molecular complexity index is 414. The highest BCUT2D eigenvalue weighted by Crippen LogP contribution is 2.21. The number of nitrogens with one attached hydrogen (secondary N) is 1. The van der Waals surface area contributed by atoms with Gasteiger partial charge in [-0.1, -0.05) is 0 Å². The summed E-state index contributed by atoms with van der Waals surface area (Å²) in [5.74, 6) is 0.361. The maximum atomic E-state index is 12.0. The lowest BCUT2D eigenvalue weighted by Crippen LogP contribution is -2.35. The molecule has 0 radical (unpaired) electrons. The van der Waals surface area contributed by atoms with Crippen molar-refractivity contribution in [3.8, 4) is 5.88 Å². The molecule has 0 aliphatic heterocycles. The highest BCUT2D eigenvalue weighted by Gasteiger charge is 2.26. The molecule has 1 aromatic rings. The molecule has 1 rings (SSSR count). The van der Waals surface area contributed by atoms with Gasteiger partial charge in [-0.15, -0.1) is 0 Å². The molecule has 0 unspecified atom stereocenters. The number of ether oxygens (including phenoxy) is 1. The number of aromatic nitrogens is 1. The van der Waals surface area contributed by atoms with Gasteiger partial charge in [0.2, 0.25) is 5.88 Å². The summed E-state index contributed by atoms with van der Waals surface area (Å²) in [7, 11) is 0. The quantitative estimate of drug-likeness (QED) is 0.811. The summed E-state index contributed by atoms with van der Waals surface area (Å²) in [6, 6.07) is 3.59. The number of pyridine rings is 1. The first-order valence-corrected chi connectivity index (χ1v) is 6.55. The van der Waals surface area contributed by atoms with Crippen LogP contribution >= 0.6 is 0 Å². The Hall–Kier alpha value is -1.30. The second-order valence-corrected chi connectivity index (χ2v) is 5.67. The number of hydrogen-bond acceptors (Lipinski definition) is 3. The minimum Gasteiger partial charge on any atom is -0.478 e. The van der Waals surface area contributed by atoms with E-state index in [4.69, 9.17) is 4.74 Å². The van der Waals surface area contributed by atoms with Crippen LogP contribution in [0.3, 0.4) is 0 Å². The predicted octanol–water partition coefficient (Wildman–Crippen LogP) is 3.69. The lowest BCUT2D eigenvalue weighted by atomic mass is 10.1. The van der Waals surface area contributed by atoms with Crippen molar-refractivity contribution in [2.45, 2.75) is 51.9 Å².